The van der Waals surface area contributed by atoms with Crippen molar-refractivity contribution in [2.24, 2.45) is 0 Å². The third kappa shape index (κ3) is 3.88. The summed E-state index contributed by atoms with van der Waals surface area (Å²) in [5.41, 5.74) is 0.0742. The number of aromatic nitrogens is 3. The number of alkyl halides is 2. The Kier molecular flexibility index (Phi) is 4.69. The van der Waals surface area contributed by atoms with Crippen LogP contribution in [0.25, 0.3) is 5.65 Å². The average molecular weight is 363 g/mol. The predicted molar refractivity (Wildman–Crippen MR) is 85.5 cm³/mol. The highest BCUT2D eigenvalue weighted by atomic mass is 19.3. The number of ether oxygens (including phenoxy) is 1. The molecule has 3 rings (SSSR count). The van der Waals surface area contributed by atoms with E-state index >= 15 is 0 Å². The monoisotopic (exact) mass is 363 g/mol. The van der Waals surface area contributed by atoms with Gasteiger partial charge in [-0.25, -0.2) is 18.3 Å². The van der Waals surface area contributed by atoms with Crippen LogP contribution in [-0.2, 0) is 0 Å². The number of carbonyl (C=O) groups is 1. The van der Waals surface area contributed by atoms with Gasteiger partial charge >= 0.3 is 0 Å². The number of nitro benzene ring substituents is 1. The van der Waals surface area contributed by atoms with Gasteiger partial charge in [0.25, 0.3) is 18.0 Å². The SMILES string of the molecule is O=C(Nc1cc(OCC(F)F)cc([N+](=O)[O-])c1)c1cc2ncccn2n1. The molecule has 0 spiro atoms. The van der Waals surface area contributed by atoms with Gasteiger partial charge in [-0.2, -0.15) is 5.10 Å². The van der Waals surface area contributed by atoms with Crippen molar-refractivity contribution in [2.75, 3.05) is 11.9 Å². The van der Waals surface area contributed by atoms with Gasteiger partial charge in [-0.1, -0.05) is 0 Å². The predicted octanol–water partition coefficient (Wildman–Crippen LogP) is 2.53. The minimum atomic E-state index is -2.74. The molecule has 0 aliphatic rings. The zero-order chi connectivity index (χ0) is 18.7. The number of nitro groups is 1. The fourth-order valence-corrected chi connectivity index (χ4v) is 2.14. The maximum Gasteiger partial charge on any atom is 0.276 e. The quantitative estimate of drug-likeness (QED) is 0.532. The van der Waals surface area contributed by atoms with Gasteiger partial charge in [-0.15, -0.1) is 0 Å². The summed E-state index contributed by atoms with van der Waals surface area (Å²) in [5, 5.41) is 17.4. The molecule has 0 fully saturated rings. The molecular formula is C15H11F2N5O4. The number of anilines is 1. The molecule has 2 heterocycles. The van der Waals surface area contributed by atoms with Crippen LogP contribution in [0.3, 0.4) is 0 Å². The third-order valence-corrected chi connectivity index (χ3v) is 3.20. The van der Waals surface area contributed by atoms with Crippen LogP contribution in [0.2, 0.25) is 0 Å². The Labute approximate surface area is 144 Å². The Morgan fingerprint density at radius 2 is 2.15 bits per heavy atom. The standard InChI is InChI=1S/C15H11F2N5O4/c16-13(17)8-26-11-5-9(4-10(6-11)22(24)25)19-15(23)12-7-14-18-2-1-3-21(14)20-12/h1-7,13H,8H2,(H,19,23). The molecule has 3 aromatic rings. The molecule has 0 atom stereocenters. The van der Waals surface area contributed by atoms with E-state index in [4.69, 9.17) is 4.74 Å². The zero-order valence-electron chi connectivity index (χ0n) is 13.0. The van der Waals surface area contributed by atoms with Gasteiger partial charge in [-0.05, 0) is 6.07 Å². The lowest BCUT2D eigenvalue weighted by molar-refractivity contribution is -0.384. The van der Waals surface area contributed by atoms with Crippen LogP contribution in [0.15, 0.2) is 42.7 Å². The lowest BCUT2D eigenvalue weighted by Crippen LogP contribution is -2.13. The first-order valence-corrected chi connectivity index (χ1v) is 7.24. The van der Waals surface area contributed by atoms with Crippen LogP contribution in [0.5, 0.6) is 5.75 Å². The van der Waals surface area contributed by atoms with Gasteiger partial charge < -0.3 is 10.1 Å². The molecule has 0 aliphatic carbocycles. The molecule has 0 unspecified atom stereocenters. The van der Waals surface area contributed by atoms with Crippen molar-refractivity contribution in [3.05, 3.63) is 58.5 Å². The van der Waals surface area contributed by atoms with Crippen molar-refractivity contribution in [1.82, 2.24) is 14.6 Å². The van der Waals surface area contributed by atoms with E-state index in [0.29, 0.717) is 5.65 Å². The number of halogens is 2. The molecule has 1 aromatic carbocycles. The number of amides is 1. The van der Waals surface area contributed by atoms with Crippen LogP contribution in [0.4, 0.5) is 20.2 Å². The lowest BCUT2D eigenvalue weighted by Gasteiger charge is -2.08. The van der Waals surface area contributed by atoms with Crippen LogP contribution in [-0.4, -0.2) is 38.5 Å². The van der Waals surface area contributed by atoms with Gasteiger partial charge in [0.1, 0.15) is 12.4 Å². The summed E-state index contributed by atoms with van der Waals surface area (Å²) < 4.78 is 30.7. The van der Waals surface area contributed by atoms with Crippen molar-refractivity contribution < 1.29 is 23.2 Å². The number of benzene rings is 1. The molecule has 0 saturated heterocycles. The second-order valence-corrected chi connectivity index (χ2v) is 5.08. The van der Waals surface area contributed by atoms with Crippen molar-refractivity contribution in [3.63, 3.8) is 0 Å². The largest absolute Gasteiger partial charge is 0.487 e. The van der Waals surface area contributed by atoms with Gasteiger partial charge in [0.2, 0.25) is 0 Å². The van der Waals surface area contributed by atoms with E-state index in [-0.39, 0.29) is 17.1 Å². The number of hydrogen-bond acceptors (Lipinski definition) is 6. The van der Waals surface area contributed by atoms with Crippen molar-refractivity contribution >= 4 is 22.9 Å². The van der Waals surface area contributed by atoms with Gasteiger partial charge in [0.15, 0.2) is 11.3 Å². The number of nitrogens with zero attached hydrogens (tertiary/aromatic N) is 4. The molecule has 0 aliphatic heterocycles. The van der Waals surface area contributed by atoms with Crippen LogP contribution in [0.1, 0.15) is 10.5 Å². The molecule has 1 N–H and O–H groups in total. The Balaban J connectivity index is 1.85. The summed E-state index contributed by atoms with van der Waals surface area (Å²) in [7, 11) is 0. The highest BCUT2D eigenvalue weighted by molar-refractivity contribution is 6.03. The molecule has 0 bridgehead atoms. The van der Waals surface area contributed by atoms with E-state index in [9.17, 15) is 23.7 Å². The van der Waals surface area contributed by atoms with Gasteiger partial charge in [0, 0.05) is 30.6 Å². The van der Waals surface area contributed by atoms with E-state index in [0.717, 1.165) is 12.1 Å². The molecule has 0 saturated carbocycles. The zero-order valence-corrected chi connectivity index (χ0v) is 13.0. The molecule has 1 amide bonds. The molecule has 9 nitrogen and oxygen atoms in total. The molecular weight excluding hydrogens is 352 g/mol. The topological polar surface area (TPSA) is 112 Å². The van der Waals surface area contributed by atoms with E-state index in [1.54, 1.807) is 12.3 Å². The normalized spacial score (nSPS) is 10.9. The molecule has 11 heteroatoms. The van der Waals surface area contributed by atoms with E-state index in [1.807, 2.05) is 0 Å². The Morgan fingerprint density at radius 1 is 1.35 bits per heavy atom. The maximum absolute atomic E-state index is 12.3. The molecule has 26 heavy (non-hydrogen) atoms. The number of non-ortho nitro benzene ring substituents is 1. The Bertz CT molecular complexity index is 943. The van der Waals surface area contributed by atoms with E-state index < -0.39 is 29.6 Å². The summed E-state index contributed by atoms with van der Waals surface area (Å²) >= 11 is 0. The second-order valence-electron chi connectivity index (χ2n) is 5.08. The highest BCUT2D eigenvalue weighted by Crippen LogP contribution is 2.26. The first-order chi connectivity index (χ1) is 12.4. The van der Waals surface area contributed by atoms with Crippen molar-refractivity contribution in [3.8, 4) is 5.75 Å². The van der Waals surface area contributed by atoms with Crippen LogP contribution < -0.4 is 10.1 Å². The Morgan fingerprint density at radius 3 is 2.85 bits per heavy atom. The first kappa shape index (κ1) is 17.2. The number of nitrogens with one attached hydrogen (secondary N) is 1. The summed E-state index contributed by atoms with van der Waals surface area (Å²) in [5.74, 6) is -0.803. The minimum absolute atomic E-state index is 0.0125. The minimum Gasteiger partial charge on any atom is -0.487 e. The number of fused-ring (bicyclic) bond motifs is 1. The average Bonchev–Trinajstić information content (AvgIpc) is 3.04. The molecule has 0 radical (unpaired) electrons. The fraction of sp³-hybridized carbons (Fsp3) is 0.133. The number of rotatable bonds is 6. The lowest BCUT2D eigenvalue weighted by atomic mass is 10.2. The molecule has 2 aromatic heterocycles. The smallest absolute Gasteiger partial charge is 0.276 e. The summed E-state index contributed by atoms with van der Waals surface area (Å²) in [6.07, 6.45) is 0.395. The van der Waals surface area contributed by atoms with E-state index in [2.05, 4.69) is 15.4 Å². The van der Waals surface area contributed by atoms with Crippen molar-refractivity contribution in [1.29, 1.82) is 0 Å². The van der Waals surface area contributed by atoms with Crippen molar-refractivity contribution in [2.45, 2.75) is 6.43 Å². The van der Waals surface area contributed by atoms with Crippen LogP contribution >= 0.6 is 0 Å². The molecule has 134 valence electrons. The van der Waals surface area contributed by atoms with E-state index in [1.165, 1.54) is 22.8 Å². The number of hydrogen-bond donors (Lipinski definition) is 1. The second kappa shape index (κ2) is 7.09. The fourth-order valence-electron chi connectivity index (χ4n) is 2.14. The van der Waals surface area contributed by atoms with Gasteiger partial charge in [-0.3, -0.25) is 14.9 Å². The van der Waals surface area contributed by atoms with Crippen LogP contribution in [0, 0.1) is 10.1 Å². The maximum atomic E-state index is 12.3. The summed E-state index contributed by atoms with van der Waals surface area (Å²) in [6.45, 7) is -0.924. The number of carbonyl (C=O) groups excluding carboxylic acids is 1. The summed E-state index contributed by atoms with van der Waals surface area (Å²) in [6, 6.07) is 6.35. The first-order valence-electron chi connectivity index (χ1n) is 7.24. The van der Waals surface area contributed by atoms with Gasteiger partial charge in [0.05, 0.1) is 16.7 Å². The summed E-state index contributed by atoms with van der Waals surface area (Å²) in [4.78, 5) is 26.6. The Hall–Kier alpha value is -3.63. The highest BCUT2D eigenvalue weighted by Gasteiger charge is 2.16. The third-order valence-electron chi connectivity index (χ3n) is 3.20.